The predicted molar refractivity (Wildman–Crippen MR) is 52.8 cm³/mol. The number of nitriles is 1. The summed E-state index contributed by atoms with van der Waals surface area (Å²) in [5.74, 6) is 0.820. The highest BCUT2D eigenvalue weighted by molar-refractivity contribution is 5.34. The number of nitrogens with zero attached hydrogens (tertiary/aromatic N) is 1. The Balaban J connectivity index is 1.94. The molecule has 0 saturated heterocycles. The van der Waals surface area contributed by atoms with Gasteiger partial charge in [0.25, 0.3) is 0 Å². The van der Waals surface area contributed by atoms with E-state index in [-0.39, 0.29) is 6.10 Å². The van der Waals surface area contributed by atoms with E-state index in [1.807, 2.05) is 12.1 Å². The minimum Gasteiger partial charge on any atom is -0.490 e. The number of hydrogen-bond donors (Lipinski definition) is 1. The van der Waals surface area contributed by atoms with Gasteiger partial charge in [-0.3, -0.25) is 0 Å². The number of nitrogens with two attached hydrogens (primary N) is 1. The van der Waals surface area contributed by atoms with Gasteiger partial charge in [-0.15, -0.1) is 0 Å². The lowest BCUT2D eigenvalue weighted by Gasteiger charge is -2.32. The lowest BCUT2D eigenvalue weighted by Crippen LogP contribution is -2.43. The van der Waals surface area contributed by atoms with Crippen LogP contribution in [0.3, 0.4) is 0 Å². The second-order valence-electron chi connectivity index (χ2n) is 3.61. The highest BCUT2D eigenvalue weighted by Crippen LogP contribution is 2.24. The van der Waals surface area contributed by atoms with Gasteiger partial charge in [0.15, 0.2) is 0 Å². The van der Waals surface area contributed by atoms with Gasteiger partial charge in [-0.1, -0.05) is 0 Å². The smallest absolute Gasteiger partial charge is 0.119 e. The quantitative estimate of drug-likeness (QED) is 0.763. The fourth-order valence-electron chi connectivity index (χ4n) is 1.50. The van der Waals surface area contributed by atoms with Crippen molar-refractivity contribution in [3.8, 4) is 11.8 Å². The molecule has 1 aromatic rings. The van der Waals surface area contributed by atoms with Gasteiger partial charge in [0.2, 0.25) is 0 Å². The lowest BCUT2D eigenvalue weighted by molar-refractivity contribution is 0.101. The van der Waals surface area contributed by atoms with Crippen molar-refractivity contribution in [2.75, 3.05) is 0 Å². The first-order valence-electron chi connectivity index (χ1n) is 4.70. The van der Waals surface area contributed by atoms with E-state index in [1.54, 1.807) is 12.1 Å². The van der Waals surface area contributed by atoms with Crippen molar-refractivity contribution in [1.82, 2.24) is 0 Å². The van der Waals surface area contributed by atoms with Crippen LogP contribution in [-0.2, 0) is 0 Å². The third-order valence-electron chi connectivity index (χ3n) is 2.42. The number of benzene rings is 1. The molecule has 1 saturated carbocycles. The van der Waals surface area contributed by atoms with Crippen LogP contribution in [0.5, 0.6) is 5.75 Å². The van der Waals surface area contributed by atoms with Gasteiger partial charge < -0.3 is 10.5 Å². The van der Waals surface area contributed by atoms with Crippen molar-refractivity contribution in [3.05, 3.63) is 29.8 Å². The molecule has 3 nitrogen and oxygen atoms in total. The minimum absolute atomic E-state index is 0.262. The Morgan fingerprint density at radius 1 is 1.29 bits per heavy atom. The summed E-state index contributed by atoms with van der Waals surface area (Å²) in [5.41, 5.74) is 6.30. The van der Waals surface area contributed by atoms with Crippen molar-refractivity contribution in [1.29, 1.82) is 5.26 Å². The SMILES string of the molecule is N#Cc1ccc(OC2CC(N)C2)cc1. The molecule has 0 aromatic heterocycles. The van der Waals surface area contributed by atoms with Gasteiger partial charge in [0.1, 0.15) is 11.9 Å². The third-order valence-corrected chi connectivity index (χ3v) is 2.42. The standard InChI is InChI=1S/C11H12N2O/c12-7-8-1-3-10(4-2-8)14-11-5-9(13)6-11/h1-4,9,11H,5-6,13H2. The molecule has 3 heteroatoms. The maximum absolute atomic E-state index is 8.60. The molecule has 0 unspecified atom stereocenters. The number of hydrogen-bond acceptors (Lipinski definition) is 3. The van der Waals surface area contributed by atoms with Gasteiger partial charge in [0.05, 0.1) is 11.6 Å². The van der Waals surface area contributed by atoms with Gasteiger partial charge in [-0.25, -0.2) is 0 Å². The van der Waals surface area contributed by atoms with Crippen molar-refractivity contribution in [2.45, 2.75) is 25.0 Å². The molecular formula is C11H12N2O. The van der Waals surface area contributed by atoms with Crippen LogP contribution < -0.4 is 10.5 Å². The molecule has 1 fully saturated rings. The molecule has 1 aromatic carbocycles. The summed E-state index contributed by atoms with van der Waals surface area (Å²) in [6, 6.07) is 9.53. The number of rotatable bonds is 2. The molecule has 0 atom stereocenters. The summed E-state index contributed by atoms with van der Waals surface area (Å²) >= 11 is 0. The Morgan fingerprint density at radius 2 is 1.93 bits per heavy atom. The predicted octanol–water partition coefficient (Wildman–Crippen LogP) is 1.43. The lowest BCUT2D eigenvalue weighted by atomic mass is 9.90. The van der Waals surface area contributed by atoms with Gasteiger partial charge in [-0.05, 0) is 37.1 Å². The zero-order valence-electron chi connectivity index (χ0n) is 7.81. The second-order valence-corrected chi connectivity index (χ2v) is 3.61. The molecule has 2 rings (SSSR count). The highest BCUT2D eigenvalue weighted by atomic mass is 16.5. The topological polar surface area (TPSA) is 59.0 Å². The summed E-state index contributed by atoms with van der Waals surface area (Å²) in [4.78, 5) is 0. The molecule has 0 aliphatic heterocycles. The van der Waals surface area contributed by atoms with Crippen LogP contribution in [0.15, 0.2) is 24.3 Å². The van der Waals surface area contributed by atoms with Crippen LogP contribution in [0, 0.1) is 11.3 Å². The van der Waals surface area contributed by atoms with Crippen molar-refractivity contribution >= 4 is 0 Å². The minimum atomic E-state index is 0.262. The monoisotopic (exact) mass is 188 g/mol. The average molecular weight is 188 g/mol. The van der Waals surface area contributed by atoms with E-state index in [2.05, 4.69) is 6.07 Å². The molecule has 0 spiro atoms. The Morgan fingerprint density at radius 3 is 2.43 bits per heavy atom. The van der Waals surface area contributed by atoms with Gasteiger partial charge in [0, 0.05) is 6.04 Å². The first kappa shape index (κ1) is 9.04. The first-order valence-corrected chi connectivity index (χ1v) is 4.70. The van der Waals surface area contributed by atoms with E-state index in [1.165, 1.54) is 0 Å². The zero-order chi connectivity index (χ0) is 9.97. The maximum atomic E-state index is 8.60. The summed E-state index contributed by atoms with van der Waals surface area (Å²) in [6.45, 7) is 0. The molecule has 0 heterocycles. The zero-order valence-corrected chi connectivity index (χ0v) is 7.81. The Labute approximate surface area is 83.1 Å². The highest BCUT2D eigenvalue weighted by Gasteiger charge is 2.27. The molecule has 14 heavy (non-hydrogen) atoms. The van der Waals surface area contributed by atoms with E-state index in [0.717, 1.165) is 18.6 Å². The fraction of sp³-hybridized carbons (Fsp3) is 0.364. The second kappa shape index (κ2) is 3.69. The summed E-state index contributed by atoms with van der Waals surface area (Å²) in [6.07, 6.45) is 2.12. The largest absolute Gasteiger partial charge is 0.490 e. The molecule has 1 aliphatic rings. The normalized spacial score (nSPS) is 24.9. The van der Waals surface area contributed by atoms with Crippen LogP contribution in [0.4, 0.5) is 0 Å². The van der Waals surface area contributed by atoms with Crippen molar-refractivity contribution in [3.63, 3.8) is 0 Å². The molecule has 2 N–H and O–H groups in total. The van der Waals surface area contributed by atoms with Crippen LogP contribution in [0.25, 0.3) is 0 Å². The van der Waals surface area contributed by atoms with Gasteiger partial charge >= 0.3 is 0 Å². The molecule has 0 radical (unpaired) electrons. The van der Waals surface area contributed by atoms with E-state index in [9.17, 15) is 0 Å². The average Bonchev–Trinajstić information content (AvgIpc) is 2.17. The van der Waals surface area contributed by atoms with E-state index >= 15 is 0 Å². The van der Waals surface area contributed by atoms with E-state index < -0.39 is 0 Å². The molecule has 1 aliphatic carbocycles. The maximum Gasteiger partial charge on any atom is 0.119 e. The van der Waals surface area contributed by atoms with Crippen molar-refractivity contribution in [2.24, 2.45) is 5.73 Å². The summed E-state index contributed by atoms with van der Waals surface area (Å²) < 4.78 is 5.63. The first-order chi connectivity index (χ1) is 6.78. The Kier molecular flexibility index (Phi) is 2.38. The molecule has 0 bridgehead atoms. The Bertz CT molecular complexity index is 347. The van der Waals surface area contributed by atoms with E-state index in [4.69, 9.17) is 15.7 Å². The van der Waals surface area contributed by atoms with Crippen LogP contribution in [0.1, 0.15) is 18.4 Å². The third kappa shape index (κ3) is 1.86. The fourth-order valence-corrected chi connectivity index (χ4v) is 1.50. The van der Waals surface area contributed by atoms with Crippen LogP contribution in [-0.4, -0.2) is 12.1 Å². The van der Waals surface area contributed by atoms with E-state index in [0.29, 0.717) is 11.6 Å². The molecule has 0 amide bonds. The van der Waals surface area contributed by atoms with Gasteiger partial charge in [-0.2, -0.15) is 5.26 Å². The van der Waals surface area contributed by atoms with Crippen molar-refractivity contribution < 1.29 is 4.74 Å². The van der Waals surface area contributed by atoms with Crippen LogP contribution in [0.2, 0.25) is 0 Å². The van der Waals surface area contributed by atoms with Crippen LogP contribution >= 0.6 is 0 Å². The molecular weight excluding hydrogens is 176 g/mol. The summed E-state index contributed by atoms with van der Waals surface area (Å²) in [7, 11) is 0. The summed E-state index contributed by atoms with van der Waals surface area (Å²) in [5, 5.41) is 8.60. The Hall–Kier alpha value is -1.53. The molecule has 72 valence electrons. The number of ether oxygens (including phenoxy) is 1.